The zero-order valence-corrected chi connectivity index (χ0v) is 35.2. The largest absolute Gasteiger partial charge is 0.379 e. The molecule has 1 aromatic heterocycles. The van der Waals surface area contributed by atoms with Crippen LogP contribution in [0, 0.1) is 15.9 Å². The zero-order valence-electron chi connectivity index (χ0n) is 33.5. The number of rotatable bonds is 16. The molecule has 13 nitrogen and oxygen atoms in total. The van der Waals surface area contributed by atoms with Gasteiger partial charge >= 0.3 is 0 Å². The van der Waals surface area contributed by atoms with Crippen LogP contribution in [0.3, 0.4) is 0 Å². The van der Waals surface area contributed by atoms with Crippen LogP contribution in [0.4, 0.5) is 27.3 Å². The molecule has 0 saturated carbocycles. The van der Waals surface area contributed by atoms with Gasteiger partial charge in [-0.05, 0) is 59.5 Å². The van der Waals surface area contributed by atoms with Crippen molar-refractivity contribution in [1.82, 2.24) is 19.8 Å². The number of nitrogens with one attached hydrogen (secondary N) is 2. The lowest BCUT2D eigenvalue weighted by atomic mass is 9.99. The number of thioether (sulfide) groups is 1. The average Bonchev–Trinajstić information content (AvgIpc) is 3.29. The topological polar surface area (TPSA) is 146 Å². The quantitative estimate of drug-likeness (QED) is 0.0557. The van der Waals surface area contributed by atoms with E-state index >= 15 is 4.39 Å². The second-order valence-corrected chi connectivity index (χ2v) is 17.8. The molecular formula is C45H47FN8O5S2. The third kappa shape index (κ3) is 10.3. The number of nitrogens with zero attached hydrogens (tertiary/aromatic N) is 6. The maximum absolute atomic E-state index is 16.3. The lowest BCUT2D eigenvalue weighted by molar-refractivity contribution is -0.384. The number of nitro benzene ring substituents is 1. The first-order valence-corrected chi connectivity index (χ1v) is 22.8. The Hall–Kier alpha value is -5.65. The zero-order chi connectivity index (χ0) is 42.2. The number of anilines is 3. The highest BCUT2D eigenvalue weighted by molar-refractivity contribution is 7.99. The Kier molecular flexibility index (Phi) is 13.4. The van der Waals surface area contributed by atoms with Gasteiger partial charge in [0.05, 0.1) is 28.7 Å². The van der Waals surface area contributed by atoms with Crippen molar-refractivity contribution in [2.45, 2.75) is 28.8 Å². The molecule has 1 atom stereocenters. The second-order valence-electron chi connectivity index (χ2n) is 15.1. The second kappa shape index (κ2) is 19.4. The number of ether oxygens (including phenoxy) is 1. The van der Waals surface area contributed by atoms with Gasteiger partial charge in [-0.2, -0.15) is 0 Å². The van der Waals surface area contributed by atoms with Crippen LogP contribution in [0.5, 0.6) is 0 Å². The monoisotopic (exact) mass is 862 g/mol. The van der Waals surface area contributed by atoms with Crippen molar-refractivity contribution < 1.29 is 22.5 Å². The molecule has 2 saturated heterocycles. The minimum atomic E-state index is -4.41. The van der Waals surface area contributed by atoms with Gasteiger partial charge < -0.3 is 15.0 Å². The van der Waals surface area contributed by atoms with Crippen LogP contribution in [0.25, 0.3) is 22.0 Å². The van der Waals surface area contributed by atoms with Gasteiger partial charge in [0, 0.05) is 80.5 Å². The van der Waals surface area contributed by atoms with E-state index < -0.39 is 20.8 Å². The number of piperazine rings is 1. The van der Waals surface area contributed by atoms with Crippen molar-refractivity contribution in [1.29, 1.82) is 0 Å². The molecule has 0 unspecified atom stereocenters. The molecular weight excluding hydrogens is 816 g/mol. The van der Waals surface area contributed by atoms with E-state index in [0.29, 0.717) is 44.2 Å². The fourth-order valence-electron chi connectivity index (χ4n) is 7.79. The van der Waals surface area contributed by atoms with E-state index in [2.05, 4.69) is 60.1 Å². The van der Waals surface area contributed by atoms with E-state index in [4.69, 9.17) is 4.74 Å². The molecule has 16 heteroatoms. The highest BCUT2D eigenvalue weighted by atomic mass is 32.2. The number of aromatic nitrogens is 2. The van der Waals surface area contributed by atoms with Crippen LogP contribution >= 0.6 is 11.8 Å². The smallest absolute Gasteiger partial charge is 0.293 e. The predicted octanol–water partition coefficient (Wildman–Crippen LogP) is 7.76. The van der Waals surface area contributed by atoms with Gasteiger partial charge in [0.15, 0.2) is 11.6 Å². The lowest BCUT2D eigenvalue weighted by Crippen LogP contribution is -2.46. The Balaban J connectivity index is 0.955. The minimum absolute atomic E-state index is 0.0357. The van der Waals surface area contributed by atoms with E-state index in [0.717, 1.165) is 56.6 Å². The summed E-state index contributed by atoms with van der Waals surface area (Å²) >= 11 is 1.64. The molecule has 316 valence electrons. The molecule has 2 fully saturated rings. The van der Waals surface area contributed by atoms with Gasteiger partial charge in [-0.25, -0.2) is 22.8 Å². The molecule has 0 amide bonds. The van der Waals surface area contributed by atoms with Gasteiger partial charge in [0.25, 0.3) is 15.7 Å². The molecule has 5 aromatic carbocycles. The molecule has 61 heavy (non-hydrogen) atoms. The Morgan fingerprint density at radius 1 is 0.836 bits per heavy atom. The standard InChI is InChI=1S/C45H47FN8O5S2/c46-43-41(53-23-21-52(22-24-53)30-34-11-7-8-14-38(34)33-9-3-1-4-10-33)18-16-39-44(43)47-32-48-45(39)50-61(57,58)37-15-17-40(42(29-37)54(55)56)49-35(19-20-51-25-27-59-28-26-51)31-60-36-12-5-2-6-13-36/h1-18,29,32,35,49H,19-28,30-31H2,(H,47,48,50)/t35-/m1/s1. The maximum atomic E-state index is 16.3. The Morgan fingerprint density at radius 3 is 2.31 bits per heavy atom. The number of morpholine rings is 1. The number of hydrogen-bond acceptors (Lipinski definition) is 12. The van der Waals surface area contributed by atoms with Crippen LogP contribution in [0.2, 0.25) is 0 Å². The number of sulfonamides is 1. The molecule has 0 bridgehead atoms. The number of hydrogen-bond donors (Lipinski definition) is 2. The van der Waals surface area contributed by atoms with E-state index in [1.807, 2.05) is 59.5 Å². The first-order valence-electron chi connectivity index (χ1n) is 20.3. The Bertz CT molecular complexity index is 2560. The summed E-state index contributed by atoms with van der Waals surface area (Å²) in [6, 6.07) is 35.4. The van der Waals surface area contributed by atoms with Crippen molar-refractivity contribution in [2.24, 2.45) is 0 Å². The number of halogens is 1. The summed E-state index contributed by atoms with van der Waals surface area (Å²) in [6.07, 6.45) is 1.81. The summed E-state index contributed by atoms with van der Waals surface area (Å²) in [5, 5.41) is 15.9. The third-order valence-electron chi connectivity index (χ3n) is 11.1. The van der Waals surface area contributed by atoms with Crippen LogP contribution in [-0.2, 0) is 21.3 Å². The summed E-state index contributed by atoms with van der Waals surface area (Å²) in [5.74, 6) is -0.0849. The molecule has 0 spiro atoms. The van der Waals surface area contributed by atoms with Crippen LogP contribution < -0.4 is 14.9 Å². The number of nitro groups is 1. The van der Waals surface area contributed by atoms with Gasteiger partial charge in [0.1, 0.15) is 17.5 Å². The highest BCUT2D eigenvalue weighted by Gasteiger charge is 2.27. The summed E-state index contributed by atoms with van der Waals surface area (Å²) in [5.41, 5.74) is 3.75. The first-order chi connectivity index (χ1) is 29.7. The Labute approximate surface area is 359 Å². The number of fused-ring (bicyclic) bond motifs is 1. The average molecular weight is 863 g/mol. The van der Waals surface area contributed by atoms with E-state index in [9.17, 15) is 18.5 Å². The van der Waals surface area contributed by atoms with Crippen molar-refractivity contribution in [2.75, 3.05) is 79.7 Å². The van der Waals surface area contributed by atoms with Crippen LogP contribution in [0.1, 0.15) is 12.0 Å². The molecule has 2 aliphatic heterocycles. The van der Waals surface area contributed by atoms with Gasteiger partial charge in [-0.3, -0.25) is 24.6 Å². The molecule has 2 aliphatic rings. The van der Waals surface area contributed by atoms with Crippen molar-refractivity contribution in [3.05, 3.63) is 143 Å². The maximum Gasteiger partial charge on any atom is 0.293 e. The van der Waals surface area contributed by atoms with E-state index in [-0.39, 0.29) is 39.0 Å². The summed E-state index contributed by atoms with van der Waals surface area (Å²) in [6.45, 7) is 7.12. The van der Waals surface area contributed by atoms with E-state index in [1.165, 1.54) is 28.8 Å². The fourth-order valence-corrected chi connectivity index (χ4v) is 9.83. The third-order valence-corrected chi connectivity index (χ3v) is 13.6. The summed E-state index contributed by atoms with van der Waals surface area (Å²) in [7, 11) is -4.41. The molecule has 0 aliphatic carbocycles. The Morgan fingerprint density at radius 2 is 1.56 bits per heavy atom. The lowest BCUT2D eigenvalue weighted by Gasteiger charge is -2.36. The molecule has 8 rings (SSSR count). The minimum Gasteiger partial charge on any atom is -0.379 e. The van der Waals surface area contributed by atoms with Crippen LogP contribution in [-0.4, -0.2) is 104 Å². The normalized spacial score (nSPS) is 15.7. The SMILES string of the molecule is O=[N+]([O-])c1cc(S(=O)(=O)Nc2ncnc3c(F)c(N4CCN(Cc5ccccc5-c5ccccc5)CC4)ccc23)ccc1N[C@H](CCN1CCOCC1)CSc1ccccc1. The van der Waals surface area contributed by atoms with Gasteiger partial charge in [-0.1, -0.05) is 72.8 Å². The summed E-state index contributed by atoms with van der Waals surface area (Å²) in [4.78, 5) is 27.6. The molecule has 2 N–H and O–H groups in total. The molecule has 6 aromatic rings. The van der Waals surface area contributed by atoms with Gasteiger partial charge in [0.2, 0.25) is 0 Å². The predicted molar refractivity (Wildman–Crippen MR) is 239 cm³/mol. The highest BCUT2D eigenvalue weighted by Crippen LogP contribution is 2.34. The molecule has 0 radical (unpaired) electrons. The van der Waals surface area contributed by atoms with Crippen molar-refractivity contribution >= 4 is 55.6 Å². The molecule has 3 heterocycles. The van der Waals surface area contributed by atoms with Crippen molar-refractivity contribution in [3.8, 4) is 11.1 Å². The van der Waals surface area contributed by atoms with E-state index in [1.54, 1.807) is 23.9 Å². The van der Waals surface area contributed by atoms with Crippen LogP contribution in [0.15, 0.2) is 131 Å². The fraction of sp³-hybridized carbons (Fsp3) is 0.289. The first kappa shape index (κ1) is 42.1. The van der Waals surface area contributed by atoms with Gasteiger partial charge in [-0.15, -0.1) is 11.8 Å². The van der Waals surface area contributed by atoms with Crippen molar-refractivity contribution in [3.63, 3.8) is 0 Å². The summed E-state index contributed by atoms with van der Waals surface area (Å²) < 4.78 is 51.8. The number of benzene rings is 5.